The zero-order valence-electron chi connectivity index (χ0n) is 17.3. The van der Waals surface area contributed by atoms with Gasteiger partial charge in [0.2, 0.25) is 0 Å². The van der Waals surface area contributed by atoms with Crippen LogP contribution in [0.25, 0.3) is 11.2 Å². The molecule has 0 aliphatic heterocycles. The molecule has 1 atom stereocenters. The lowest BCUT2D eigenvalue weighted by Crippen LogP contribution is -2.14. The second-order valence-electron chi connectivity index (χ2n) is 7.30. The number of hydrogen-bond donors (Lipinski definition) is 2. The summed E-state index contributed by atoms with van der Waals surface area (Å²) < 4.78 is 1.69. The maximum absolute atomic E-state index is 12.6. The van der Waals surface area contributed by atoms with Gasteiger partial charge in [-0.25, -0.2) is 14.6 Å². The molecule has 0 aliphatic rings. The molecule has 1 amide bonds. The Morgan fingerprint density at radius 3 is 2.73 bits per heavy atom. The van der Waals surface area contributed by atoms with Gasteiger partial charge in [-0.15, -0.1) is 0 Å². The molecule has 0 saturated heterocycles. The molecule has 3 heterocycles. The van der Waals surface area contributed by atoms with Gasteiger partial charge in [0.15, 0.2) is 5.65 Å². The molecule has 1 aromatic carbocycles. The van der Waals surface area contributed by atoms with Gasteiger partial charge >= 0.3 is 0 Å². The first kappa shape index (κ1) is 19.5. The highest BCUT2D eigenvalue weighted by Crippen LogP contribution is 2.22. The van der Waals surface area contributed by atoms with Crippen LogP contribution in [0.2, 0.25) is 0 Å². The lowest BCUT2D eigenvalue weighted by Gasteiger charge is -2.16. The van der Waals surface area contributed by atoms with Gasteiger partial charge in [-0.05, 0) is 50.1 Å². The molecule has 30 heavy (non-hydrogen) atoms. The number of nitrogens with one attached hydrogen (secondary N) is 2. The number of aryl methyl sites for hydroxylation is 3. The van der Waals surface area contributed by atoms with E-state index in [1.807, 2.05) is 58.2 Å². The first-order valence-electron chi connectivity index (χ1n) is 9.66. The van der Waals surface area contributed by atoms with Gasteiger partial charge in [-0.1, -0.05) is 12.1 Å². The minimum atomic E-state index is -0.184. The van der Waals surface area contributed by atoms with E-state index in [1.165, 1.54) is 0 Å². The summed E-state index contributed by atoms with van der Waals surface area (Å²) in [6, 6.07) is 9.53. The third-order valence-electron chi connectivity index (χ3n) is 5.05. The largest absolute Gasteiger partial charge is 0.362 e. The highest BCUT2D eigenvalue weighted by atomic mass is 16.1. The topological polar surface area (TPSA) is 97.6 Å². The smallest absolute Gasteiger partial charge is 0.257 e. The summed E-state index contributed by atoms with van der Waals surface area (Å²) >= 11 is 0. The maximum Gasteiger partial charge on any atom is 0.257 e. The van der Waals surface area contributed by atoms with E-state index < -0.39 is 0 Å². The fourth-order valence-electron chi connectivity index (χ4n) is 3.14. The van der Waals surface area contributed by atoms with Gasteiger partial charge in [0, 0.05) is 24.6 Å². The van der Waals surface area contributed by atoms with Crippen molar-refractivity contribution in [2.75, 3.05) is 10.6 Å². The number of benzene rings is 1. The summed E-state index contributed by atoms with van der Waals surface area (Å²) in [4.78, 5) is 25.8. The van der Waals surface area contributed by atoms with Crippen LogP contribution < -0.4 is 10.6 Å². The first-order valence-corrected chi connectivity index (χ1v) is 9.66. The van der Waals surface area contributed by atoms with Crippen LogP contribution in [0.3, 0.4) is 0 Å². The third kappa shape index (κ3) is 3.98. The summed E-state index contributed by atoms with van der Waals surface area (Å²) in [6.45, 7) is 5.90. The van der Waals surface area contributed by atoms with Gasteiger partial charge in [-0.3, -0.25) is 9.78 Å². The minimum Gasteiger partial charge on any atom is -0.362 e. The van der Waals surface area contributed by atoms with Crippen molar-refractivity contribution >= 4 is 28.6 Å². The van der Waals surface area contributed by atoms with Gasteiger partial charge < -0.3 is 10.6 Å². The Morgan fingerprint density at radius 2 is 1.93 bits per heavy atom. The molecule has 0 spiro atoms. The van der Waals surface area contributed by atoms with Crippen molar-refractivity contribution < 1.29 is 4.79 Å². The van der Waals surface area contributed by atoms with E-state index in [9.17, 15) is 4.79 Å². The summed E-state index contributed by atoms with van der Waals surface area (Å²) in [5.74, 6) is 0.477. The van der Waals surface area contributed by atoms with Gasteiger partial charge in [-0.2, -0.15) is 5.10 Å². The fraction of sp³-hybridized carbons (Fsp3) is 0.227. The number of aromatic nitrogens is 5. The first-order chi connectivity index (χ1) is 14.4. The quantitative estimate of drug-likeness (QED) is 0.528. The number of nitrogens with zero attached hydrogens (tertiary/aromatic N) is 5. The Morgan fingerprint density at radius 1 is 1.10 bits per heavy atom. The van der Waals surface area contributed by atoms with Crippen molar-refractivity contribution in [3.63, 3.8) is 0 Å². The van der Waals surface area contributed by atoms with Crippen molar-refractivity contribution in [1.29, 1.82) is 0 Å². The summed E-state index contributed by atoms with van der Waals surface area (Å²) in [5.41, 5.74) is 5.64. The zero-order valence-corrected chi connectivity index (χ0v) is 17.3. The molecule has 2 N–H and O–H groups in total. The molecule has 3 aromatic heterocycles. The van der Waals surface area contributed by atoms with Gasteiger partial charge in [0.05, 0.1) is 24.0 Å². The molecule has 152 valence electrons. The molecule has 0 aliphatic carbocycles. The highest BCUT2D eigenvalue weighted by molar-refractivity contribution is 6.04. The van der Waals surface area contributed by atoms with Crippen LogP contribution in [0.15, 0.2) is 48.9 Å². The lowest BCUT2D eigenvalue weighted by atomic mass is 10.1. The average molecular weight is 401 g/mol. The van der Waals surface area contributed by atoms with Crippen LogP contribution in [0.4, 0.5) is 11.5 Å². The minimum absolute atomic E-state index is 0.0369. The third-order valence-corrected chi connectivity index (χ3v) is 5.05. The molecule has 0 radical (unpaired) electrons. The normalized spacial score (nSPS) is 12.0. The van der Waals surface area contributed by atoms with Gasteiger partial charge in [0.1, 0.15) is 11.3 Å². The van der Waals surface area contributed by atoms with Crippen molar-refractivity contribution in [1.82, 2.24) is 24.7 Å². The van der Waals surface area contributed by atoms with Crippen molar-refractivity contribution in [2.24, 2.45) is 7.05 Å². The predicted octanol–water partition coefficient (Wildman–Crippen LogP) is 3.80. The molecule has 4 rings (SSSR count). The van der Waals surface area contributed by atoms with Crippen molar-refractivity contribution in [2.45, 2.75) is 26.8 Å². The molecule has 0 unspecified atom stereocenters. The molecular weight excluding hydrogens is 378 g/mol. The van der Waals surface area contributed by atoms with Crippen molar-refractivity contribution in [3.05, 3.63) is 71.3 Å². The van der Waals surface area contributed by atoms with E-state index in [4.69, 9.17) is 0 Å². The summed E-state index contributed by atoms with van der Waals surface area (Å²) in [7, 11) is 1.83. The SMILES string of the molecule is Cc1cc(C(=O)Nc2cccc([C@H](C)Nc3cnc4cnn(C)c4n3)c2)cnc1C. The standard InChI is InChI=1S/C22H23N7O/c1-13-8-17(10-23-14(13)2)22(30)27-18-7-5-6-16(9-18)15(3)26-20-12-24-19-11-25-29(4)21(19)28-20/h5-12,15H,1-4H3,(H,26,28)(H,27,30)/t15-/m0/s1. The van der Waals surface area contributed by atoms with E-state index in [1.54, 1.807) is 23.3 Å². The molecule has 0 saturated carbocycles. The Balaban J connectivity index is 1.49. The van der Waals surface area contributed by atoms with Crippen LogP contribution in [-0.4, -0.2) is 30.6 Å². The van der Waals surface area contributed by atoms with Gasteiger partial charge in [0.25, 0.3) is 5.91 Å². The predicted molar refractivity (Wildman–Crippen MR) is 116 cm³/mol. The molecule has 4 aromatic rings. The molecule has 0 bridgehead atoms. The van der Waals surface area contributed by atoms with Crippen LogP contribution in [0, 0.1) is 13.8 Å². The Labute approximate surface area is 174 Å². The van der Waals surface area contributed by atoms with Crippen LogP contribution in [-0.2, 0) is 7.05 Å². The van der Waals surface area contributed by atoms with Crippen LogP contribution >= 0.6 is 0 Å². The number of hydrogen-bond acceptors (Lipinski definition) is 6. The van der Waals surface area contributed by atoms with Crippen LogP contribution in [0.5, 0.6) is 0 Å². The number of pyridine rings is 1. The molecule has 0 fully saturated rings. The fourth-order valence-corrected chi connectivity index (χ4v) is 3.14. The second-order valence-corrected chi connectivity index (χ2v) is 7.30. The Hall–Kier alpha value is -3.81. The number of fused-ring (bicyclic) bond motifs is 1. The van der Waals surface area contributed by atoms with E-state index in [0.717, 1.165) is 33.7 Å². The molecule has 8 heteroatoms. The van der Waals surface area contributed by atoms with Crippen LogP contribution in [0.1, 0.15) is 40.1 Å². The number of carbonyl (C=O) groups excluding carboxylic acids is 1. The molecular formula is C22H23N7O. The number of carbonyl (C=O) groups is 1. The number of amides is 1. The van der Waals surface area contributed by atoms with E-state index in [-0.39, 0.29) is 11.9 Å². The summed E-state index contributed by atoms with van der Waals surface area (Å²) in [6.07, 6.45) is 4.98. The van der Waals surface area contributed by atoms with E-state index in [0.29, 0.717) is 11.4 Å². The zero-order chi connectivity index (χ0) is 21.3. The van der Waals surface area contributed by atoms with E-state index >= 15 is 0 Å². The monoisotopic (exact) mass is 401 g/mol. The maximum atomic E-state index is 12.6. The van der Waals surface area contributed by atoms with E-state index in [2.05, 4.69) is 30.7 Å². The number of anilines is 2. The van der Waals surface area contributed by atoms with Crippen molar-refractivity contribution in [3.8, 4) is 0 Å². The Bertz CT molecular complexity index is 1230. The second kappa shape index (κ2) is 7.90. The lowest BCUT2D eigenvalue weighted by molar-refractivity contribution is 0.102. The highest BCUT2D eigenvalue weighted by Gasteiger charge is 2.12. The Kier molecular flexibility index (Phi) is 5.14. The average Bonchev–Trinajstić information content (AvgIpc) is 3.10. The molecule has 8 nitrogen and oxygen atoms in total. The number of rotatable bonds is 5. The summed E-state index contributed by atoms with van der Waals surface area (Å²) in [5, 5.41) is 10.5.